The number of thiazole rings is 1. The number of aromatic nitrogens is 1. The number of likely N-dealkylation sites (N-methyl/N-ethyl adjacent to an activating group) is 1. The van der Waals surface area contributed by atoms with Crippen LogP contribution in [0.1, 0.15) is 19.4 Å². The van der Waals surface area contributed by atoms with E-state index < -0.39 is 27.3 Å². The van der Waals surface area contributed by atoms with Gasteiger partial charge in [0.1, 0.15) is 22.8 Å². The molecule has 3 aromatic rings. The molecule has 0 aliphatic carbocycles. The Morgan fingerprint density at radius 3 is 2.36 bits per heavy atom. The Bertz CT molecular complexity index is 1220. The van der Waals surface area contributed by atoms with E-state index in [9.17, 15) is 17.6 Å². The summed E-state index contributed by atoms with van der Waals surface area (Å²) < 4.78 is 45.2. The molecule has 0 unspecified atom stereocenters. The van der Waals surface area contributed by atoms with Gasteiger partial charge in [-0.25, -0.2) is 17.8 Å². The maximum Gasteiger partial charge on any atom is 0.244 e. The van der Waals surface area contributed by atoms with Crippen molar-refractivity contribution in [1.82, 2.24) is 9.88 Å². The average Bonchev–Trinajstić information content (AvgIpc) is 3.23. The number of methoxy groups -OCH3 is 1. The lowest BCUT2D eigenvalue weighted by molar-refractivity contribution is -0.116. The Morgan fingerprint density at radius 2 is 1.76 bits per heavy atom. The summed E-state index contributed by atoms with van der Waals surface area (Å²) in [6.45, 7) is 8.48. The van der Waals surface area contributed by atoms with Crippen LogP contribution in [0, 0.1) is 12.7 Å². The third-order valence-electron chi connectivity index (χ3n) is 5.46. The summed E-state index contributed by atoms with van der Waals surface area (Å²) in [7, 11) is -2.39. The molecule has 0 saturated carbocycles. The maximum absolute atomic E-state index is 13.3. The SMILES string of the molecule is CCN(CC)CCN(C(=O)CS(=O)(=O)c1ccc(F)cc1)c1nc2c(OC)ccc(C)c2s1. The van der Waals surface area contributed by atoms with Gasteiger partial charge in [-0.1, -0.05) is 31.3 Å². The van der Waals surface area contributed by atoms with Gasteiger partial charge in [0.05, 0.1) is 16.7 Å². The van der Waals surface area contributed by atoms with Crippen molar-refractivity contribution >= 4 is 42.4 Å². The number of benzene rings is 2. The second-order valence-electron chi connectivity index (χ2n) is 7.54. The van der Waals surface area contributed by atoms with Crippen LogP contribution in [-0.2, 0) is 14.6 Å². The number of halogens is 1. The molecule has 7 nitrogen and oxygen atoms in total. The van der Waals surface area contributed by atoms with Crippen molar-refractivity contribution in [3.8, 4) is 5.75 Å². The number of ether oxygens (including phenoxy) is 1. The van der Waals surface area contributed by atoms with Gasteiger partial charge < -0.3 is 9.64 Å². The number of sulfone groups is 1. The minimum absolute atomic E-state index is 0.0947. The molecule has 178 valence electrons. The second kappa shape index (κ2) is 10.6. The first-order valence-corrected chi connectivity index (χ1v) is 13.1. The fraction of sp³-hybridized carbons (Fsp3) is 0.391. The van der Waals surface area contributed by atoms with Gasteiger partial charge in [0.25, 0.3) is 0 Å². The van der Waals surface area contributed by atoms with E-state index >= 15 is 0 Å². The molecule has 0 N–H and O–H groups in total. The number of hydrogen-bond donors (Lipinski definition) is 0. The molecule has 0 aliphatic heterocycles. The number of nitrogens with zero attached hydrogens (tertiary/aromatic N) is 3. The van der Waals surface area contributed by atoms with E-state index in [0.29, 0.717) is 29.5 Å². The highest BCUT2D eigenvalue weighted by atomic mass is 32.2. The van der Waals surface area contributed by atoms with E-state index in [0.717, 1.165) is 35.5 Å². The highest BCUT2D eigenvalue weighted by Gasteiger charge is 2.27. The number of carbonyl (C=O) groups is 1. The van der Waals surface area contributed by atoms with Crippen molar-refractivity contribution < 1.29 is 22.3 Å². The average molecular weight is 494 g/mol. The van der Waals surface area contributed by atoms with E-state index in [1.54, 1.807) is 7.11 Å². The molecule has 0 bridgehead atoms. The molecule has 1 aromatic heterocycles. The van der Waals surface area contributed by atoms with E-state index in [-0.39, 0.29) is 4.90 Å². The highest BCUT2D eigenvalue weighted by molar-refractivity contribution is 7.92. The van der Waals surface area contributed by atoms with Crippen molar-refractivity contribution in [1.29, 1.82) is 0 Å². The molecule has 0 spiro atoms. The molecule has 0 atom stereocenters. The van der Waals surface area contributed by atoms with Crippen LogP contribution in [0.5, 0.6) is 5.75 Å². The molecule has 0 fully saturated rings. The number of aryl methyl sites for hydroxylation is 1. The minimum atomic E-state index is -3.95. The van der Waals surface area contributed by atoms with Gasteiger partial charge >= 0.3 is 0 Å². The quantitative estimate of drug-likeness (QED) is 0.399. The van der Waals surface area contributed by atoms with Crippen LogP contribution in [0.15, 0.2) is 41.3 Å². The van der Waals surface area contributed by atoms with Gasteiger partial charge in [-0.3, -0.25) is 9.69 Å². The molecule has 0 radical (unpaired) electrons. The lowest BCUT2D eigenvalue weighted by Gasteiger charge is -2.24. The molecule has 2 aromatic carbocycles. The molecule has 1 heterocycles. The van der Waals surface area contributed by atoms with Crippen molar-refractivity contribution in [3.05, 3.63) is 47.8 Å². The van der Waals surface area contributed by atoms with Gasteiger partial charge in [-0.2, -0.15) is 0 Å². The second-order valence-corrected chi connectivity index (χ2v) is 10.5. The molecule has 0 saturated heterocycles. The Morgan fingerprint density at radius 1 is 1.09 bits per heavy atom. The molecular formula is C23H28FN3O4S2. The summed E-state index contributed by atoms with van der Waals surface area (Å²) in [6, 6.07) is 8.22. The largest absolute Gasteiger partial charge is 0.494 e. The predicted octanol–water partition coefficient (Wildman–Crippen LogP) is 3.90. The fourth-order valence-corrected chi connectivity index (χ4v) is 5.75. The number of fused-ring (bicyclic) bond motifs is 1. The predicted molar refractivity (Wildman–Crippen MR) is 130 cm³/mol. The number of rotatable bonds is 10. The number of anilines is 1. The zero-order valence-electron chi connectivity index (χ0n) is 19.2. The molecule has 0 aliphatic rings. The first-order chi connectivity index (χ1) is 15.7. The Balaban J connectivity index is 1.97. The fourth-order valence-electron chi connectivity index (χ4n) is 3.45. The van der Waals surface area contributed by atoms with Crippen molar-refractivity contribution in [2.24, 2.45) is 0 Å². The summed E-state index contributed by atoms with van der Waals surface area (Å²) in [5.74, 6) is -1.27. The number of amides is 1. The van der Waals surface area contributed by atoms with Crippen LogP contribution in [0.3, 0.4) is 0 Å². The van der Waals surface area contributed by atoms with E-state index in [1.807, 2.05) is 32.9 Å². The monoisotopic (exact) mass is 493 g/mol. The zero-order valence-corrected chi connectivity index (χ0v) is 20.8. The summed E-state index contributed by atoms with van der Waals surface area (Å²) in [6.07, 6.45) is 0. The molecule has 3 rings (SSSR count). The number of hydrogen-bond acceptors (Lipinski definition) is 7. The topological polar surface area (TPSA) is 79.8 Å². The van der Waals surface area contributed by atoms with Gasteiger partial charge in [-0.05, 0) is 55.9 Å². The van der Waals surface area contributed by atoms with Gasteiger partial charge in [0.2, 0.25) is 5.91 Å². The lowest BCUT2D eigenvalue weighted by Crippen LogP contribution is -2.41. The number of carbonyl (C=O) groups excluding carboxylic acids is 1. The van der Waals surface area contributed by atoms with Gasteiger partial charge in [0.15, 0.2) is 15.0 Å². The molecule has 10 heteroatoms. The van der Waals surface area contributed by atoms with Crippen LogP contribution >= 0.6 is 11.3 Å². The summed E-state index contributed by atoms with van der Waals surface area (Å²) in [4.78, 5) is 21.4. The third kappa shape index (κ3) is 5.69. The smallest absolute Gasteiger partial charge is 0.244 e. The Labute approximate surface area is 197 Å². The van der Waals surface area contributed by atoms with Crippen molar-refractivity contribution in [2.45, 2.75) is 25.7 Å². The zero-order chi connectivity index (χ0) is 24.2. The van der Waals surface area contributed by atoms with Crippen molar-refractivity contribution in [2.75, 3.05) is 43.9 Å². The first kappa shape index (κ1) is 25.1. The lowest BCUT2D eigenvalue weighted by atomic mass is 10.2. The van der Waals surface area contributed by atoms with E-state index in [1.165, 1.54) is 28.4 Å². The summed E-state index contributed by atoms with van der Waals surface area (Å²) in [5, 5.41) is 0.420. The highest BCUT2D eigenvalue weighted by Crippen LogP contribution is 2.36. The maximum atomic E-state index is 13.3. The standard InChI is InChI=1S/C23H28FN3O4S2/c1-5-26(6-2)13-14-27(20(28)15-33(29,30)18-10-8-17(24)9-11-18)23-25-21-19(31-4)12-7-16(3)22(21)32-23/h7-12H,5-6,13-15H2,1-4H3. The van der Waals surface area contributed by atoms with Crippen LogP contribution in [0.2, 0.25) is 0 Å². The molecular weight excluding hydrogens is 465 g/mol. The first-order valence-electron chi connectivity index (χ1n) is 10.6. The molecule has 1 amide bonds. The van der Waals surface area contributed by atoms with Crippen LogP contribution < -0.4 is 9.64 Å². The van der Waals surface area contributed by atoms with Gasteiger partial charge in [-0.15, -0.1) is 0 Å². The van der Waals surface area contributed by atoms with Crippen molar-refractivity contribution in [3.63, 3.8) is 0 Å². The van der Waals surface area contributed by atoms with Crippen LogP contribution in [0.25, 0.3) is 10.2 Å². The summed E-state index contributed by atoms with van der Waals surface area (Å²) >= 11 is 1.33. The van der Waals surface area contributed by atoms with Gasteiger partial charge in [0, 0.05) is 13.1 Å². The van der Waals surface area contributed by atoms with Crippen LogP contribution in [0.4, 0.5) is 9.52 Å². The Hall–Kier alpha value is -2.56. The van der Waals surface area contributed by atoms with Crippen LogP contribution in [-0.4, -0.2) is 63.3 Å². The Kier molecular flexibility index (Phi) is 8.04. The van der Waals surface area contributed by atoms with E-state index in [4.69, 9.17) is 4.74 Å². The normalized spacial score (nSPS) is 11.8. The summed E-state index contributed by atoms with van der Waals surface area (Å²) in [5.41, 5.74) is 1.63. The molecule has 33 heavy (non-hydrogen) atoms. The minimum Gasteiger partial charge on any atom is -0.494 e. The van der Waals surface area contributed by atoms with E-state index in [2.05, 4.69) is 9.88 Å². The third-order valence-corrected chi connectivity index (χ3v) is 8.30.